The molecule has 0 spiro atoms. The van der Waals surface area contributed by atoms with E-state index in [2.05, 4.69) is 15.9 Å². The Bertz CT molecular complexity index is 475. The van der Waals surface area contributed by atoms with Crippen LogP contribution in [0.15, 0.2) is 22.7 Å². The van der Waals surface area contributed by atoms with Crippen LogP contribution >= 0.6 is 15.9 Å². The van der Waals surface area contributed by atoms with Crippen molar-refractivity contribution in [2.45, 2.75) is 37.9 Å². The van der Waals surface area contributed by atoms with Crippen LogP contribution in [0.1, 0.15) is 37.3 Å². The summed E-state index contributed by atoms with van der Waals surface area (Å²) in [6, 6.07) is 3.63. The quantitative estimate of drug-likeness (QED) is 0.747. The second-order valence-electron chi connectivity index (χ2n) is 5.27. The Morgan fingerprint density at radius 3 is 2.50 bits per heavy atom. The van der Waals surface area contributed by atoms with Crippen molar-refractivity contribution in [2.75, 3.05) is 0 Å². The summed E-state index contributed by atoms with van der Waals surface area (Å²) < 4.78 is 53.5. The average molecular weight is 354 g/mol. The van der Waals surface area contributed by atoms with E-state index in [1.54, 1.807) is 6.07 Å². The van der Waals surface area contributed by atoms with Crippen LogP contribution in [0.5, 0.6) is 0 Å². The van der Waals surface area contributed by atoms with Gasteiger partial charge in [-0.3, -0.25) is 0 Å². The fourth-order valence-electron chi connectivity index (χ4n) is 3.00. The van der Waals surface area contributed by atoms with E-state index in [1.807, 2.05) is 0 Å². The Labute approximate surface area is 123 Å². The molecular weight excluding hydrogens is 338 g/mol. The van der Waals surface area contributed by atoms with Gasteiger partial charge in [0, 0.05) is 11.6 Å². The maximum atomic E-state index is 14.0. The molecule has 0 bridgehead atoms. The van der Waals surface area contributed by atoms with Crippen LogP contribution in [0.25, 0.3) is 0 Å². The fourth-order valence-corrected chi connectivity index (χ4v) is 3.39. The molecule has 2 rings (SSSR count). The van der Waals surface area contributed by atoms with Gasteiger partial charge in [-0.1, -0.05) is 25.0 Å². The minimum atomic E-state index is -4.27. The first kappa shape index (κ1) is 15.8. The van der Waals surface area contributed by atoms with E-state index in [0.29, 0.717) is 19.3 Å². The zero-order valence-electron chi connectivity index (χ0n) is 10.8. The lowest BCUT2D eigenvalue weighted by molar-refractivity contribution is -0.198. The Hall–Kier alpha value is -0.620. The number of halogens is 5. The van der Waals surface area contributed by atoms with Gasteiger partial charge in [0.1, 0.15) is 5.82 Å². The van der Waals surface area contributed by atoms with E-state index in [9.17, 15) is 17.6 Å². The van der Waals surface area contributed by atoms with Crippen LogP contribution in [-0.4, -0.2) is 6.18 Å². The first-order chi connectivity index (χ1) is 9.32. The van der Waals surface area contributed by atoms with Crippen molar-refractivity contribution in [1.82, 2.24) is 0 Å². The molecule has 0 amide bonds. The molecule has 20 heavy (non-hydrogen) atoms. The van der Waals surface area contributed by atoms with E-state index < -0.39 is 29.9 Å². The van der Waals surface area contributed by atoms with Crippen molar-refractivity contribution in [1.29, 1.82) is 0 Å². The minimum Gasteiger partial charge on any atom is -0.324 e. The SMILES string of the molecule is NC(c1cccc(Br)c1F)C1CCCCC1C(F)(F)F. The second kappa shape index (κ2) is 6.02. The van der Waals surface area contributed by atoms with Gasteiger partial charge in [-0.15, -0.1) is 0 Å². The predicted molar refractivity (Wildman–Crippen MR) is 72.5 cm³/mol. The zero-order chi connectivity index (χ0) is 14.9. The molecule has 1 fully saturated rings. The van der Waals surface area contributed by atoms with Crippen LogP contribution in [-0.2, 0) is 0 Å². The van der Waals surface area contributed by atoms with Crippen molar-refractivity contribution < 1.29 is 17.6 Å². The molecule has 1 aromatic carbocycles. The summed E-state index contributed by atoms with van der Waals surface area (Å²) in [4.78, 5) is 0. The van der Waals surface area contributed by atoms with Gasteiger partial charge in [-0.25, -0.2) is 4.39 Å². The Kier molecular flexibility index (Phi) is 4.74. The van der Waals surface area contributed by atoms with Crippen LogP contribution in [0.3, 0.4) is 0 Å². The number of nitrogens with two attached hydrogens (primary N) is 1. The molecule has 1 saturated carbocycles. The van der Waals surface area contributed by atoms with E-state index in [0.717, 1.165) is 0 Å². The Balaban J connectivity index is 2.30. The summed E-state index contributed by atoms with van der Waals surface area (Å²) in [6.07, 6.45) is -2.55. The van der Waals surface area contributed by atoms with Gasteiger partial charge in [0.2, 0.25) is 0 Å². The molecule has 1 nitrogen and oxygen atoms in total. The van der Waals surface area contributed by atoms with Crippen LogP contribution < -0.4 is 5.73 Å². The van der Waals surface area contributed by atoms with Crippen LogP contribution in [0, 0.1) is 17.7 Å². The summed E-state index contributed by atoms with van der Waals surface area (Å²) in [6.45, 7) is 0. The van der Waals surface area contributed by atoms with Gasteiger partial charge >= 0.3 is 6.18 Å². The highest BCUT2D eigenvalue weighted by Gasteiger charge is 2.47. The first-order valence-corrected chi connectivity index (χ1v) is 7.38. The summed E-state index contributed by atoms with van der Waals surface area (Å²) in [5.74, 6) is -2.76. The van der Waals surface area contributed by atoms with Crippen molar-refractivity contribution in [2.24, 2.45) is 17.6 Å². The van der Waals surface area contributed by atoms with Gasteiger partial charge in [-0.2, -0.15) is 13.2 Å². The lowest BCUT2D eigenvalue weighted by Gasteiger charge is -2.36. The number of rotatable bonds is 2. The lowest BCUT2D eigenvalue weighted by atomic mass is 9.73. The van der Waals surface area contributed by atoms with E-state index >= 15 is 0 Å². The second-order valence-corrected chi connectivity index (χ2v) is 6.12. The molecule has 0 heterocycles. The third-order valence-corrected chi connectivity index (χ3v) is 4.65. The minimum absolute atomic E-state index is 0.0808. The van der Waals surface area contributed by atoms with Gasteiger partial charge in [0.25, 0.3) is 0 Å². The number of alkyl halides is 3. The van der Waals surface area contributed by atoms with Crippen LogP contribution in [0.2, 0.25) is 0 Å². The molecule has 3 atom stereocenters. The summed E-state index contributed by atoms with van der Waals surface area (Å²) >= 11 is 3.04. The number of hydrogen-bond donors (Lipinski definition) is 1. The monoisotopic (exact) mass is 353 g/mol. The molecule has 3 unspecified atom stereocenters. The fraction of sp³-hybridized carbons (Fsp3) is 0.571. The summed E-state index contributed by atoms with van der Waals surface area (Å²) in [7, 11) is 0. The predicted octanol–water partition coefficient (Wildman–Crippen LogP) is 4.96. The van der Waals surface area contributed by atoms with Gasteiger partial charge < -0.3 is 5.73 Å². The van der Waals surface area contributed by atoms with E-state index in [1.165, 1.54) is 12.1 Å². The van der Waals surface area contributed by atoms with Gasteiger partial charge in [0.15, 0.2) is 0 Å². The van der Waals surface area contributed by atoms with Gasteiger partial charge in [-0.05, 0) is 40.8 Å². The largest absolute Gasteiger partial charge is 0.392 e. The zero-order valence-corrected chi connectivity index (χ0v) is 12.3. The molecule has 6 heteroatoms. The molecule has 112 valence electrons. The molecule has 0 radical (unpaired) electrons. The topological polar surface area (TPSA) is 26.0 Å². The first-order valence-electron chi connectivity index (χ1n) is 6.58. The molecule has 0 aromatic heterocycles. The molecule has 0 aliphatic heterocycles. The average Bonchev–Trinajstić information content (AvgIpc) is 2.40. The number of benzene rings is 1. The molecule has 1 aromatic rings. The Morgan fingerprint density at radius 2 is 1.85 bits per heavy atom. The third kappa shape index (κ3) is 3.17. The molecule has 1 aliphatic rings. The van der Waals surface area contributed by atoms with Crippen LogP contribution in [0.4, 0.5) is 17.6 Å². The van der Waals surface area contributed by atoms with Crippen molar-refractivity contribution in [3.8, 4) is 0 Å². The van der Waals surface area contributed by atoms with E-state index in [4.69, 9.17) is 5.73 Å². The van der Waals surface area contributed by atoms with Crippen molar-refractivity contribution >= 4 is 15.9 Å². The number of hydrogen-bond acceptors (Lipinski definition) is 1. The smallest absolute Gasteiger partial charge is 0.324 e. The van der Waals surface area contributed by atoms with Crippen molar-refractivity contribution in [3.05, 3.63) is 34.1 Å². The third-order valence-electron chi connectivity index (χ3n) is 4.04. The van der Waals surface area contributed by atoms with E-state index in [-0.39, 0.29) is 16.5 Å². The lowest BCUT2D eigenvalue weighted by Crippen LogP contribution is -2.39. The van der Waals surface area contributed by atoms with Gasteiger partial charge in [0.05, 0.1) is 10.4 Å². The summed E-state index contributed by atoms with van der Waals surface area (Å²) in [5, 5.41) is 0. The molecule has 1 aliphatic carbocycles. The highest BCUT2D eigenvalue weighted by molar-refractivity contribution is 9.10. The standard InChI is InChI=1S/C14H16BrF4N/c15-11-7-3-5-9(12(11)16)13(20)8-4-1-2-6-10(8)14(17,18)19/h3,5,7-8,10,13H,1-2,4,6,20H2. The summed E-state index contributed by atoms with van der Waals surface area (Å²) in [5.41, 5.74) is 6.12. The maximum absolute atomic E-state index is 14.0. The highest BCUT2D eigenvalue weighted by Crippen LogP contribution is 2.46. The molecule has 0 saturated heterocycles. The van der Waals surface area contributed by atoms with Crippen molar-refractivity contribution in [3.63, 3.8) is 0 Å². The highest BCUT2D eigenvalue weighted by atomic mass is 79.9. The normalized spacial score (nSPS) is 25.5. The molecular formula is C14H16BrF4N. The molecule has 2 N–H and O–H groups in total. The Morgan fingerprint density at radius 1 is 1.20 bits per heavy atom. The maximum Gasteiger partial charge on any atom is 0.392 e.